The van der Waals surface area contributed by atoms with Gasteiger partial charge in [-0.05, 0) is 25.2 Å². The molecule has 1 saturated heterocycles. The molecule has 0 bridgehead atoms. The highest BCUT2D eigenvalue weighted by Gasteiger charge is 2.42. The first-order valence-electron chi connectivity index (χ1n) is 6.68. The maximum absolute atomic E-state index is 12.2. The Morgan fingerprint density at radius 3 is 2.47 bits per heavy atom. The molecule has 1 aliphatic carbocycles. The second kappa shape index (κ2) is 5.19. The molecule has 2 fully saturated rings. The van der Waals surface area contributed by atoms with Crippen LogP contribution in [0.15, 0.2) is 0 Å². The second-order valence-electron chi connectivity index (χ2n) is 5.74. The first-order valence-corrected chi connectivity index (χ1v) is 6.68. The van der Waals surface area contributed by atoms with Crippen LogP contribution in [-0.4, -0.2) is 47.4 Å². The number of hydrogen-bond acceptors (Lipinski definition) is 3. The summed E-state index contributed by atoms with van der Waals surface area (Å²) < 4.78 is 0. The van der Waals surface area contributed by atoms with Crippen molar-refractivity contribution in [2.24, 2.45) is 17.8 Å². The Hall–Kier alpha value is -1.59. The number of nitrogens with zero attached hydrogens (tertiary/aromatic N) is 1. The summed E-state index contributed by atoms with van der Waals surface area (Å²) in [6.45, 7) is 2.59. The van der Waals surface area contributed by atoms with Gasteiger partial charge in [0.1, 0.15) is 6.04 Å². The maximum atomic E-state index is 12.2. The van der Waals surface area contributed by atoms with Crippen molar-refractivity contribution in [1.82, 2.24) is 10.2 Å². The summed E-state index contributed by atoms with van der Waals surface area (Å²) in [4.78, 5) is 36.6. The average molecular weight is 268 g/mol. The molecule has 6 heteroatoms. The molecule has 2 rings (SSSR count). The minimum atomic E-state index is -0.917. The third kappa shape index (κ3) is 2.72. The van der Waals surface area contributed by atoms with Crippen LogP contribution in [0.1, 0.15) is 26.2 Å². The van der Waals surface area contributed by atoms with Crippen LogP contribution in [0.4, 0.5) is 0 Å². The Bertz CT molecular complexity index is 409. The molecule has 19 heavy (non-hydrogen) atoms. The van der Waals surface area contributed by atoms with Crippen LogP contribution in [0.2, 0.25) is 0 Å². The molecule has 4 atom stereocenters. The SMILES string of the molecule is CC1CC(C(=O)O)C(C(=O)NC2CCN(C)C2=O)C1. The Labute approximate surface area is 112 Å². The van der Waals surface area contributed by atoms with Crippen LogP contribution >= 0.6 is 0 Å². The van der Waals surface area contributed by atoms with E-state index in [0.717, 1.165) is 0 Å². The summed E-state index contributed by atoms with van der Waals surface area (Å²) in [5.74, 6) is -2.19. The second-order valence-corrected chi connectivity index (χ2v) is 5.74. The van der Waals surface area contributed by atoms with Gasteiger partial charge in [-0.15, -0.1) is 0 Å². The zero-order valence-electron chi connectivity index (χ0n) is 11.3. The van der Waals surface area contributed by atoms with Gasteiger partial charge in [-0.25, -0.2) is 0 Å². The number of carboxylic acids is 1. The predicted molar refractivity (Wildman–Crippen MR) is 67.2 cm³/mol. The van der Waals surface area contributed by atoms with Gasteiger partial charge in [-0.1, -0.05) is 6.92 Å². The summed E-state index contributed by atoms with van der Waals surface area (Å²) in [6, 6.07) is -0.483. The molecule has 2 N–H and O–H groups in total. The van der Waals surface area contributed by atoms with E-state index in [4.69, 9.17) is 5.11 Å². The number of likely N-dealkylation sites (N-methyl/N-ethyl adjacent to an activating group) is 1. The van der Waals surface area contributed by atoms with Crippen molar-refractivity contribution >= 4 is 17.8 Å². The Morgan fingerprint density at radius 2 is 1.95 bits per heavy atom. The minimum absolute atomic E-state index is 0.0914. The first-order chi connectivity index (χ1) is 8.90. The normalized spacial score (nSPS) is 34.6. The van der Waals surface area contributed by atoms with Crippen molar-refractivity contribution in [3.8, 4) is 0 Å². The zero-order valence-corrected chi connectivity index (χ0v) is 11.3. The van der Waals surface area contributed by atoms with Crippen molar-refractivity contribution in [1.29, 1.82) is 0 Å². The smallest absolute Gasteiger partial charge is 0.307 e. The van der Waals surface area contributed by atoms with Crippen LogP contribution < -0.4 is 5.32 Å². The lowest BCUT2D eigenvalue weighted by atomic mass is 9.95. The topological polar surface area (TPSA) is 86.7 Å². The van der Waals surface area contributed by atoms with Gasteiger partial charge in [-0.3, -0.25) is 14.4 Å². The highest BCUT2D eigenvalue weighted by molar-refractivity contribution is 5.91. The summed E-state index contributed by atoms with van der Waals surface area (Å²) in [5.41, 5.74) is 0. The quantitative estimate of drug-likeness (QED) is 0.759. The van der Waals surface area contributed by atoms with E-state index in [1.54, 1.807) is 11.9 Å². The monoisotopic (exact) mass is 268 g/mol. The van der Waals surface area contributed by atoms with Crippen molar-refractivity contribution in [3.05, 3.63) is 0 Å². The standard InChI is InChI=1S/C13H20N2O4/c1-7-5-8(9(6-7)13(18)19)11(16)14-10-3-4-15(2)12(10)17/h7-10H,3-6H2,1-2H3,(H,14,16)(H,18,19). The van der Waals surface area contributed by atoms with E-state index in [1.165, 1.54) is 0 Å². The number of carbonyl (C=O) groups is 3. The van der Waals surface area contributed by atoms with Crippen molar-refractivity contribution in [3.63, 3.8) is 0 Å². The molecule has 1 aliphatic heterocycles. The molecule has 6 nitrogen and oxygen atoms in total. The Morgan fingerprint density at radius 1 is 1.32 bits per heavy atom. The lowest BCUT2D eigenvalue weighted by Gasteiger charge is -2.18. The molecule has 0 radical (unpaired) electrons. The third-order valence-corrected chi connectivity index (χ3v) is 4.20. The zero-order chi connectivity index (χ0) is 14.2. The summed E-state index contributed by atoms with van der Waals surface area (Å²) in [7, 11) is 1.70. The van der Waals surface area contributed by atoms with Crippen molar-refractivity contribution < 1.29 is 19.5 Å². The van der Waals surface area contributed by atoms with Crippen LogP contribution in [0.5, 0.6) is 0 Å². The van der Waals surface area contributed by atoms with Gasteiger partial charge >= 0.3 is 5.97 Å². The van der Waals surface area contributed by atoms with Gasteiger partial charge in [0.05, 0.1) is 11.8 Å². The van der Waals surface area contributed by atoms with E-state index in [2.05, 4.69) is 5.32 Å². The van der Waals surface area contributed by atoms with Crippen LogP contribution in [-0.2, 0) is 14.4 Å². The number of nitrogens with one attached hydrogen (secondary N) is 1. The molecular formula is C13H20N2O4. The number of amides is 2. The van der Waals surface area contributed by atoms with E-state index in [1.807, 2.05) is 6.92 Å². The summed E-state index contributed by atoms with van der Waals surface area (Å²) in [6.07, 6.45) is 1.71. The van der Waals surface area contributed by atoms with Gasteiger partial charge < -0.3 is 15.3 Å². The van der Waals surface area contributed by atoms with Crippen LogP contribution in [0.3, 0.4) is 0 Å². The van der Waals surface area contributed by atoms with Crippen molar-refractivity contribution in [2.75, 3.05) is 13.6 Å². The summed E-state index contributed by atoms with van der Waals surface area (Å²) >= 11 is 0. The van der Waals surface area contributed by atoms with E-state index in [9.17, 15) is 14.4 Å². The summed E-state index contributed by atoms with van der Waals surface area (Å²) in [5, 5.41) is 11.9. The van der Waals surface area contributed by atoms with E-state index < -0.39 is 23.8 Å². The predicted octanol–water partition coefficient (Wildman–Crippen LogP) is 0.0802. The molecule has 0 aromatic carbocycles. The lowest BCUT2D eigenvalue weighted by molar-refractivity contribution is -0.146. The maximum Gasteiger partial charge on any atom is 0.307 e. The van der Waals surface area contributed by atoms with Gasteiger partial charge in [0.15, 0.2) is 0 Å². The van der Waals surface area contributed by atoms with Gasteiger partial charge in [-0.2, -0.15) is 0 Å². The van der Waals surface area contributed by atoms with Gasteiger partial charge in [0.2, 0.25) is 11.8 Å². The fraction of sp³-hybridized carbons (Fsp3) is 0.769. The molecule has 2 amide bonds. The number of hydrogen-bond donors (Lipinski definition) is 2. The molecule has 0 aromatic rings. The van der Waals surface area contributed by atoms with Crippen molar-refractivity contribution in [2.45, 2.75) is 32.2 Å². The molecule has 1 heterocycles. The molecule has 0 aromatic heterocycles. The number of rotatable bonds is 3. The number of carbonyl (C=O) groups excluding carboxylic acids is 2. The molecule has 106 valence electrons. The first kappa shape index (κ1) is 13.8. The highest BCUT2D eigenvalue weighted by atomic mass is 16.4. The van der Waals surface area contributed by atoms with Gasteiger partial charge in [0, 0.05) is 13.6 Å². The molecule has 4 unspecified atom stereocenters. The van der Waals surface area contributed by atoms with Gasteiger partial charge in [0.25, 0.3) is 0 Å². The fourth-order valence-electron chi connectivity index (χ4n) is 3.09. The fourth-order valence-corrected chi connectivity index (χ4v) is 3.09. The highest BCUT2D eigenvalue weighted by Crippen LogP contribution is 2.36. The number of carboxylic acid groups (broad SMARTS) is 1. The molecule has 2 aliphatic rings. The molecule has 1 saturated carbocycles. The largest absolute Gasteiger partial charge is 0.481 e. The Balaban J connectivity index is 1.99. The van der Waals surface area contributed by atoms with E-state index in [0.29, 0.717) is 25.8 Å². The number of aliphatic carboxylic acids is 1. The van der Waals surface area contributed by atoms with Crippen LogP contribution in [0.25, 0.3) is 0 Å². The molecular weight excluding hydrogens is 248 g/mol. The molecule has 0 spiro atoms. The average Bonchev–Trinajstić information content (AvgIpc) is 2.87. The minimum Gasteiger partial charge on any atom is -0.481 e. The lowest BCUT2D eigenvalue weighted by Crippen LogP contribution is -2.44. The van der Waals surface area contributed by atoms with E-state index >= 15 is 0 Å². The number of likely N-dealkylation sites (tertiary alicyclic amines) is 1. The van der Waals surface area contributed by atoms with Crippen LogP contribution in [0, 0.1) is 17.8 Å². The Kier molecular flexibility index (Phi) is 3.78. The van der Waals surface area contributed by atoms with E-state index in [-0.39, 0.29) is 17.7 Å². The third-order valence-electron chi connectivity index (χ3n) is 4.20.